The van der Waals surface area contributed by atoms with E-state index in [9.17, 15) is 14.4 Å². The molecule has 0 aromatic heterocycles. The summed E-state index contributed by atoms with van der Waals surface area (Å²) in [6, 6.07) is 10.3. The Bertz CT molecular complexity index is 737. The van der Waals surface area contributed by atoms with Gasteiger partial charge in [-0.2, -0.15) is 0 Å². The third kappa shape index (κ3) is 3.84. The summed E-state index contributed by atoms with van der Waals surface area (Å²) in [4.78, 5) is 44.8. The van der Waals surface area contributed by atoms with E-state index in [0.717, 1.165) is 13.1 Å². The van der Waals surface area contributed by atoms with Crippen LogP contribution in [0.1, 0.15) is 13.3 Å². The van der Waals surface area contributed by atoms with Crippen molar-refractivity contribution in [2.75, 3.05) is 57.3 Å². The van der Waals surface area contributed by atoms with E-state index in [2.05, 4.69) is 17.0 Å². The molecule has 2 heterocycles. The van der Waals surface area contributed by atoms with Crippen LogP contribution in [0.5, 0.6) is 0 Å². The van der Waals surface area contributed by atoms with Crippen molar-refractivity contribution in [2.24, 2.45) is 11.8 Å². The number of piperazine rings is 2. The van der Waals surface area contributed by atoms with Gasteiger partial charge in [-0.05, 0) is 18.6 Å². The molecule has 3 fully saturated rings. The van der Waals surface area contributed by atoms with Crippen molar-refractivity contribution in [2.45, 2.75) is 13.3 Å². The molecule has 7 nitrogen and oxygen atoms in total. The van der Waals surface area contributed by atoms with E-state index in [1.54, 1.807) is 11.8 Å². The zero-order valence-corrected chi connectivity index (χ0v) is 16.4. The quantitative estimate of drug-likeness (QED) is 0.768. The van der Waals surface area contributed by atoms with Gasteiger partial charge in [-0.1, -0.05) is 18.2 Å². The molecule has 28 heavy (non-hydrogen) atoms. The normalized spacial score (nSPS) is 24.9. The van der Waals surface area contributed by atoms with Crippen LogP contribution in [0.25, 0.3) is 0 Å². The number of nitrogens with zero attached hydrogens (tertiary/aromatic N) is 4. The van der Waals surface area contributed by atoms with Gasteiger partial charge in [0, 0.05) is 65.0 Å². The molecule has 1 aromatic carbocycles. The van der Waals surface area contributed by atoms with Crippen molar-refractivity contribution >= 4 is 23.4 Å². The highest BCUT2D eigenvalue weighted by molar-refractivity contribution is 5.92. The molecule has 2 unspecified atom stereocenters. The van der Waals surface area contributed by atoms with Gasteiger partial charge >= 0.3 is 0 Å². The average Bonchev–Trinajstić information content (AvgIpc) is 3.54. The lowest BCUT2D eigenvalue weighted by Gasteiger charge is -2.36. The Morgan fingerprint density at radius 1 is 0.714 bits per heavy atom. The maximum Gasteiger partial charge on any atom is 0.226 e. The molecule has 0 radical (unpaired) electrons. The number of amides is 3. The number of hydrogen-bond acceptors (Lipinski definition) is 4. The molecule has 1 saturated carbocycles. The third-order valence-corrected chi connectivity index (χ3v) is 6.17. The first-order valence-electron chi connectivity index (χ1n) is 10.2. The molecule has 1 aromatic rings. The summed E-state index contributed by atoms with van der Waals surface area (Å²) in [6.07, 6.45) is 0.670. The highest BCUT2D eigenvalue weighted by Gasteiger charge is 2.51. The van der Waals surface area contributed by atoms with Crippen LogP contribution in [-0.2, 0) is 14.4 Å². The molecular formula is C21H28N4O3. The molecular weight excluding hydrogens is 356 g/mol. The molecule has 2 aliphatic heterocycles. The lowest BCUT2D eigenvalue weighted by atomic mass is 10.2. The van der Waals surface area contributed by atoms with Gasteiger partial charge in [-0.3, -0.25) is 14.4 Å². The number of benzene rings is 1. The fraction of sp³-hybridized carbons (Fsp3) is 0.571. The summed E-state index contributed by atoms with van der Waals surface area (Å²) < 4.78 is 0. The second-order valence-electron chi connectivity index (χ2n) is 7.93. The van der Waals surface area contributed by atoms with Gasteiger partial charge in [0.2, 0.25) is 17.7 Å². The Morgan fingerprint density at radius 2 is 1.18 bits per heavy atom. The summed E-state index contributed by atoms with van der Waals surface area (Å²) in [5.74, 6) is -0.0377. The minimum absolute atomic E-state index is 0.0567. The smallest absolute Gasteiger partial charge is 0.226 e. The molecule has 2 atom stereocenters. The highest BCUT2D eigenvalue weighted by atomic mass is 16.2. The first-order chi connectivity index (χ1) is 13.5. The number of hydrogen-bond donors (Lipinski definition) is 0. The van der Waals surface area contributed by atoms with Crippen LogP contribution < -0.4 is 4.90 Å². The summed E-state index contributed by atoms with van der Waals surface area (Å²) in [7, 11) is 0. The monoisotopic (exact) mass is 384 g/mol. The van der Waals surface area contributed by atoms with Crippen LogP contribution in [0.2, 0.25) is 0 Å². The predicted molar refractivity (Wildman–Crippen MR) is 106 cm³/mol. The Balaban J connectivity index is 1.25. The minimum atomic E-state index is -0.163. The third-order valence-electron chi connectivity index (χ3n) is 6.17. The number of carbonyl (C=O) groups excluding carboxylic acids is 3. The molecule has 0 N–H and O–H groups in total. The predicted octanol–water partition coefficient (Wildman–Crippen LogP) is 0.662. The lowest BCUT2D eigenvalue weighted by molar-refractivity contribution is -0.141. The van der Waals surface area contributed by atoms with Gasteiger partial charge in [0.15, 0.2) is 0 Å². The molecule has 7 heteroatoms. The second kappa shape index (κ2) is 7.81. The fourth-order valence-corrected chi connectivity index (χ4v) is 4.28. The van der Waals surface area contributed by atoms with Crippen LogP contribution >= 0.6 is 0 Å². The Labute approximate surface area is 165 Å². The Morgan fingerprint density at radius 3 is 1.68 bits per heavy atom. The van der Waals surface area contributed by atoms with Crippen molar-refractivity contribution in [3.8, 4) is 0 Å². The van der Waals surface area contributed by atoms with Gasteiger partial charge in [-0.15, -0.1) is 0 Å². The van der Waals surface area contributed by atoms with Crippen molar-refractivity contribution < 1.29 is 14.4 Å². The topological polar surface area (TPSA) is 64.2 Å². The van der Waals surface area contributed by atoms with Gasteiger partial charge in [0.05, 0.1) is 11.8 Å². The molecule has 0 spiro atoms. The number of para-hydroxylation sites is 1. The largest absolute Gasteiger partial charge is 0.368 e. The maximum absolute atomic E-state index is 12.8. The fourth-order valence-electron chi connectivity index (χ4n) is 4.28. The number of rotatable bonds is 3. The van der Waals surface area contributed by atoms with Crippen LogP contribution in [0.15, 0.2) is 30.3 Å². The van der Waals surface area contributed by atoms with Gasteiger partial charge in [-0.25, -0.2) is 0 Å². The number of anilines is 1. The Kier molecular flexibility index (Phi) is 5.24. The summed E-state index contributed by atoms with van der Waals surface area (Å²) in [5, 5.41) is 0. The highest BCUT2D eigenvalue weighted by Crippen LogP contribution is 2.41. The van der Waals surface area contributed by atoms with E-state index in [0.29, 0.717) is 45.7 Å². The van der Waals surface area contributed by atoms with Crippen molar-refractivity contribution in [1.29, 1.82) is 0 Å². The van der Waals surface area contributed by atoms with Gasteiger partial charge in [0.25, 0.3) is 0 Å². The van der Waals surface area contributed by atoms with Crippen LogP contribution in [0, 0.1) is 11.8 Å². The number of carbonyl (C=O) groups is 3. The maximum atomic E-state index is 12.8. The van der Waals surface area contributed by atoms with Crippen LogP contribution in [0.3, 0.4) is 0 Å². The zero-order valence-electron chi connectivity index (χ0n) is 16.4. The first kappa shape index (κ1) is 18.8. The standard InChI is InChI=1S/C21H28N4O3/c1-16(26)22-7-11-24(12-8-22)20(27)18-15-19(18)21(28)25-13-9-23(10-14-25)17-5-3-2-4-6-17/h2-6,18-19H,7-15H2,1H3. The van der Waals surface area contributed by atoms with E-state index in [-0.39, 0.29) is 29.6 Å². The van der Waals surface area contributed by atoms with Gasteiger partial charge < -0.3 is 19.6 Å². The minimum Gasteiger partial charge on any atom is -0.368 e. The summed E-state index contributed by atoms with van der Waals surface area (Å²) >= 11 is 0. The molecule has 1 aliphatic carbocycles. The lowest BCUT2D eigenvalue weighted by Crippen LogP contribution is -2.51. The SMILES string of the molecule is CC(=O)N1CCN(C(=O)C2CC2C(=O)N2CCN(c3ccccc3)CC2)CC1. The molecule has 3 aliphatic rings. The summed E-state index contributed by atoms with van der Waals surface area (Å²) in [6.45, 7) is 6.97. The molecule has 4 rings (SSSR count). The zero-order chi connectivity index (χ0) is 19.7. The first-order valence-corrected chi connectivity index (χ1v) is 10.2. The van der Waals surface area contributed by atoms with E-state index in [1.165, 1.54) is 5.69 Å². The van der Waals surface area contributed by atoms with Crippen molar-refractivity contribution in [3.63, 3.8) is 0 Å². The molecule has 0 bridgehead atoms. The van der Waals surface area contributed by atoms with Gasteiger partial charge in [0.1, 0.15) is 0 Å². The molecule has 150 valence electrons. The van der Waals surface area contributed by atoms with Crippen LogP contribution in [0.4, 0.5) is 5.69 Å². The average molecular weight is 384 g/mol. The van der Waals surface area contributed by atoms with E-state index < -0.39 is 0 Å². The van der Waals surface area contributed by atoms with E-state index >= 15 is 0 Å². The van der Waals surface area contributed by atoms with Crippen molar-refractivity contribution in [1.82, 2.24) is 14.7 Å². The van der Waals surface area contributed by atoms with E-state index in [1.807, 2.05) is 28.0 Å². The van der Waals surface area contributed by atoms with Crippen LogP contribution in [-0.4, -0.2) is 84.8 Å². The Hall–Kier alpha value is -2.57. The molecule has 2 saturated heterocycles. The molecule has 3 amide bonds. The summed E-state index contributed by atoms with van der Waals surface area (Å²) in [5.41, 5.74) is 1.19. The van der Waals surface area contributed by atoms with Crippen molar-refractivity contribution in [3.05, 3.63) is 30.3 Å². The second-order valence-corrected chi connectivity index (χ2v) is 7.93. The van der Waals surface area contributed by atoms with E-state index in [4.69, 9.17) is 0 Å².